The fraction of sp³-hybridized carbons (Fsp3) is 0.500. The molecule has 0 bridgehead atoms. The molecular weight excluding hydrogens is 306 g/mol. The second-order valence-corrected chi connectivity index (χ2v) is 7.05. The van der Waals surface area contributed by atoms with Gasteiger partial charge in [0.1, 0.15) is 5.54 Å². The Hall–Kier alpha value is -2.37. The van der Waals surface area contributed by atoms with Gasteiger partial charge in [-0.15, -0.1) is 0 Å². The van der Waals surface area contributed by atoms with E-state index in [1.807, 2.05) is 24.0 Å². The molecule has 1 aromatic rings. The number of hydrogen-bond acceptors (Lipinski definition) is 3. The third-order valence-electron chi connectivity index (χ3n) is 5.61. The molecule has 0 spiro atoms. The van der Waals surface area contributed by atoms with Crippen LogP contribution in [-0.2, 0) is 16.1 Å². The molecule has 24 heavy (non-hydrogen) atoms. The molecule has 126 valence electrons. The SMILES string of the molecule is C[C@H]1c2ccccc2CN1C(=O)CC[C@@]1(C2CC2)NC(=O)NC1=O. The van der Waals surface area contributed by atoms with Gasteiger partial charge in [-0.25, -0.2) is 4.79 Å². The summed E-state index contributed by atoms with van der Waals surface area (Å²) in [4.78, 5) is 38.4. The van der Waals surface area contributed by atoms with Gasteiger partial charge in [-0.2, -0.15) is 0 Å². The number of fused-ring (bicyclic) bond motifs is 1. The molecular formula is C18H21N3O3. The molecule has 2 aliphatic heterocycles. The van der Waals surface area contributed by atoms with Gasteiger partial charge in [0.15, 0.2) is 0 Å². The largest absolute Gasteiger partial charge is 0.332 e. The Morgan fingerprint density at radius 3 is 2.67 bits per heavy atom. The normalized spacial score (nSPS) is 28.5. The molecule has 0 radical (unpaired) electrons. The summed E-state index contributed by atoms with van der Waals surface area (Å²) >= 11 is 0. The molecule has 1 saturated heterocycles. The van der Waals surface area contributed by atoms with Crippen LogP contribution in [0.15, 0.2) is 24.3 Å². The first-order chi connectivity index (χ1) is 11.5. The molecule has 2 N–H and O–H groups in total. The third-order valence-corrected chi connectivity index (χ3v) is 5.61. The monoisotopic (exact) mass is 327 g/mol. The van der Waals surface area contributed by atoms with E-state index in [1.165, 1.54) is 11.1 Å². The van der Waals surface area contributed by atoms with Gasteiger partial charge in [-0.1, -0.05) is 24.3 Å². The van der Waals surface area contributed by atoms with Crippen molar-refractivity contribution in [2.24, 2.45) is 5.92 Å². The number of amides is 4. The molecule has 1 aromatic carbocycles. The van der Waals surface area contributed by atoms with Crippen molar-refractivity contribution in [1.29, 1.82) is 0 Å². The Morgan fingerprint density at radius 1 is 1.29 bits per heavy atom. The van der Waals surface area contributed by atoms with Gasteiger partial charge in [-0.05, 0) is 43.2 Å². The second kappa shape index (κ2) is 5.33. The molecule has 1 saturated carbocycles. The summed E-state index contributed by atoms with van der Waals surface area (Å²) in [5.74, 6) is -0.0850. The van der Waals surface area contributed by atoms with E-state index in [9.17, 15) is 14.4 Å². The molecule has 0 unspecified atom stereocenters. The second-order valence-electron chi connectivity index (χ2n) is 7.05. The number of urea groups is 1. The summed E-state index contributed by atoms with van der Waals surface area (Å²) in [5.41, 5.74) is 1.49. The van der Waals surface area contributed by atoms with E-state index in [1.54, 1.807) is 0 Å². The van der Waals surface area contributed by atoms with E-state index in [4.69, 9.17) is 0 Å². The lowest BCUT2D eigenvalue weighted by molar-refractivity contribution is -0.134. The standard InChI is InChI=1S/C18H21N3O3/c1-11-14-5-3-2-4-12(14)10-21(11)15(22)8-9-18(13-6-7-13)16(23)19-17(24)20-18/h2-5,11,13H,6-10H2,1H3,(H2,19,20,23,24)/t11-,18-/m0/s1. The summed E-state index contributed by atoms with van der Waals surface area (Å²) in [6.07, 6.45) is 2.48. The molecule has 4 rings (SSSR count). The fourth-order valence-electron chi connectivity index (χ4n) is 4.07. The molecule has 1 aliphatic carbocycles. The van der Waals surface area contributed by atoms with Crippen LogP contribution in [0.5, 0.6) is 0 Å². The number of rotatable bonds is 4. The first-order valence-electron chi connectivity index (χ1n) is 8.52. The topological polar surface area (TPSA) is 78.5 Å². The lowest BCUT2D eigenvalue weighted by atomic mass is 9.87. The van der Waals surface area contributed by atoms with Crippen LogP contribution in [0.2, 0.25) is 0 Å². The Morgan fingerprint density at radius 2 is 2.04 bits per heavy atom. The van der Waals surface area contributed by atoms with E-state index >= 15 is 0 Å². The average molecular weight is 327 g/mol. The molecule has 0 aromatic heterocycles. The molecule has 3 aliphatic rings. The van der Waals surface area contributed by atoms with Crippen LogP contribution >= 0.6 is 0 Å². The van der Waals surface area contributed by atoms with Gasteiger partial charge >= 0.3 is 6.03 Å². The summed E-state index contributed by atoms with van der Waals surface area (Å²) in [6, 6.07) is 7.70. The number of nitrogens with zero attached hydrogens (tertiary/aromatic N) is 1. The highest BCUT2D eigenvalue weighted by molar-refractivity contribution is 6.07. The molecule has 6 heteroatoms. The molecule has 6 nitrogen and oxygen atoms in total. The number of benzene rings is 1. The number of imide groups is 1. The Kier molecular flexibility index (Phi) is 3.37. The number of carbonyl (C=O) groups excluding carboxylic acids is 3. The highest BCUT2D eigenvalue weighted by atomic mass is 16.2. The average Bonchev–Trinajstić information content (AvgIpc) is 3.30. The van der Waals surface area contributed by atoms with E-state index in [0.717, 1.165) is 12.8 Å². The van der Waals surface area contributed by atoms with Gasteiger partial charge in [-0.3, -0.25) is 14.9 Å². The zero-order chi connectivity index (χ0) is 16.9. The van der Waals surface area contributed by atoms with Crippen molar-refractivity contribution in [3.05, 3.63) is 35.4 Å². The quantitative estimate of drug-likeness (QED) is 0.829. The molecule has 2 heterocycles. The highest BCUT2D eigenvalue weighted by Crippen LogP contribution is 2.44. The number of carbonyl (C=O) groups is 3. The van der Waals surface area contributed by atoms with E-state index < -0.39 is 11.6 Å². The Labute approximate surface area is 140 Å². The van der Waals surface area contributed by atoms with Crippen LogP contribution in [0.1, 0.15) is 49.8 Å². The maximum absolute atomic E-state index is 12.7. The van der Waals surface area contributed by atoms with Crippen LogP contribution < -0.4 is 10.6 Å². The van der Waals surface area contributed by atoms with Gasteiger partial charge in [0.05, 0.1) is 6.04 Å². The van der Waals surface area contributed by atoms with Crippen LogP contribution in [0, 0.1) is 5.92 Å². The third kappa shape index (κ3) is 2.28. The Balaban J connectivity index is 1.46. The van der Waals surface area contributed by atoms with Gasteiger partial charge in [0, 0.05) is 13.0 Å². The zero-order valence-electron chi connectivity index (χ0n) is 13.7. The van der Waals surface area contributed by atoms with Crippen LogP contribution in [0.25, 0.3) is 0 Å². The zero-order valence-corrected chi connectivity index (χ0v) is 13.7. The highest BCUT2D eigenvalue weighted by Gasteiger charge is 2.55. The van der Waals surface area contributed by atoms with Crippen molar-refractivity contribution in [3.63, 3.8) is 0 Å². The first-order valence-corrected chi connectivity index (χ1v) is 8.52. The summed E-state index contributed by atoms with van der Waals surface area (Å²) in [5, 5.41) is 5.11. The lowest BCUT2D eigenvalue weighted by Gasteiger charge is -2.28. The maximum Gasteiger partial charge on any atom is 0.322 e. The number of nitrogens with one attached hydrogen (secondary N) is 2. The van der Waals surface area contributed by atoms with Crippen molar-refractivity contribution < 1.29 is 14.4 Å². The molecule has 4 amide bonds. The van der Waals surface area contributed by atoms with E-state index in [-0.39, 0.29) is 30.2 Å². The minimum Gasteiger partial charge on any atom is -0.332 e. The van der Waals surface area contributed by atoms with E-state index in [0.29, 0.717) is 13.0 Å². The maximum atomic E-state index is 12.7. The molecule has 2 fully saturated rings. The van der Waals surface area contributed by atoms with Crippen molar-refractivity contribution in [2.45, 2.75) is 50.7 Å². The predicted octanol–water partition coefficient (Wildman–Crippen LogP) is 1.86. The van der Waals surface area contributed by atoms with E-state index in [2.05, 4.69) is 22.8 Å². The van der Waals surface area contributed by atoms with Crippen LogP contribution in [0.4, 0.5) is 4.79 Å². The van der Waals surface area contributed by atoms with Crippen molar-refractivity contribution in [3.8, 4) is 0 Å². The van der Waals surface area contributed by atoms with Crippen LogP contribution in [-0.4, -0.2) is 28.3 Å². The number of hydrogen-bond donors (Lipinski definition) is 2. The van der Waals surface area contributed by atoms with Gasteiger partial charge < -0.3 is 10.2 Å². The summed E-state index contributed by atoms with van der Waals surface area (Å²) < 4.78 is 0. The lowest BCUT2D eigenvalue weighted by Crippen LogP contribution is -2.49. The minimum atomic E-state index is -0.886. The summed E-state index contributed by atoms with van der Waals surface area (Å²) in [7, 11) is 0. The van der Waals surface area contributed by atoms with Gasteiger partial charge in [0.25, 0.3) is 5.91 Å². The van der Waals surface area contributed by atoms with Crippen molar-refractivity contribution >= 4 is 17.8 Å². The summed E-state index contributed by atoms with van der Waals surface area (Å²) in [6.45, 7) is 2.65. The molecule has 2 atom stereocenters. The van der Waals surface area contributed by atoms with Crippen LogP contribution in [0.3, 0.4) is 0 Å². The first kappa shape index (κ1) is 15.2. The predicted molar refractivity (Wildman–Crippen MR) is 86.8 cm³/mol. The Bertz CT molecular complexity index is 728. The fourth-order valence-corrected chi connectivity index (χ4v) is 4.07. The van der Waals surface area contributed by atoms with Crippen molar-refractivity contribution in [1.82, 2.24) is 15.5 Å². The minimum absolute atomic E-state index is 0.0349. The van der Waals surface area contributed by atoms with Crippen molar-refractivity contribution in [2.75, 3.05) is 0 Å². The smallest absolute Gasteiger partial charge is 0.322 e. The van der Waals surface area contributed by atoms with Gasteiger partial charge in [0.2, 0.25) is 5.91 Å².